The zero-order chi connectivity index (χ0) is 15.0. The second-order valence-electron chi connectivity index (χ2n) is 4.70. The summed E-state index contributed by atoms with van der Waals surface area (Å²) in [5.74, 6) is -0.418. The summed E-state index contributed by atoms with van der Waals surface area (Å²) in [4.78, 5) is 36.1. The fourth-order valence-corrected chi connectivity index (χ4v) is 2.05. The van der Waals surface area contributed by atoms with E-state index in [1.165, 1.54) is 24.9 Å². The van der Waals surface area contributed by atoms with Crippen LogP contribution in [0.25, 0.3) is 0 Å². The largest absolute Gasteiger partial charge is 0.399 e. The van der Waals surface area contributed by atoms with Crippen LogP contribution < -0.4 is 17.0 Å². The SMILES string of the molecule is Cc1cc(N)ccc1C(=O)c1cn(C)c(=O)n(C)c1=O. The summed E-state index contributed by atoms with van der Waals surface area (Å²) < 4.78 is 2.13. The fraction of sp³-hybridized carbons (Fsp3) is 0.214. The van der Waals surface area contributed by atoms with E-state index in [4.69, 9.17) is 5.73 Å². The van der Waals surface area contributed by atoms with Gasteiger partial charge in [0.25, 0.3) is 5.56 Å². The monoisotopic (exact) mass is 273 g/mol. The van der Waals surface area contributed by atoms with E-state index >= 15 is 0 Å². The average molecular weight is 273 g/mol. The van der Waals surface area contributed by atoms with E-state index in [0.29, 0.717) is 16.8 Å². The third kappa shape index (κ3) is 2.16. The van der Waals surface area contributed by atoms with Crippen molar-refractivity contribution in [3.63, 3.8) is 0 Å². The van der Waals surface area contributed by atoms with Crippen molar-refractivity contribution in [2.24, 2.45) is 14.1 Å². The first-order valence-electron chi connectivity index (χ1n) is 6.00. The van der Waals surface area contributed by atoms with Crippen molar-refractivity contribution in [2.45, 2.75) is 6.92 Å². The Morgan fingerprint density at radius 1 is 1.15 bits per heavy atom. The Bertz CT molecular complexity index is 815. The highest BCUT2D eigenvalue weighted by Gasteiger charge is 2.18. The highest BCUT2D eigenvalue weighted by molar-refractivity contribution is 6.09. The predicted octanol–water partition coefficient (Wildman–Crippen LogP) is 0.206. The van der Waals surface area contributed by atoms with Gasteiger partial charge in [0.1, 0.15) is 5.56 Å². The third-order valence-electron chi connectivity index (χ3n) is 3.19. The number of benzene rings is 1. The first kappa shape index (κ1) is 13.8. The molecule has 2 aromatic rings. The molecule has 2 rings (SSSR count). The lowest BCUT2D eigenvalue weighted by atomic mass is 10.0. The molecule has 6 heteroatoms. The number of anilines is 1. The Morgan fingerprint density at radius 3 is 2.40 bits per heavy atom. The number of hydrogen-bond donors (Lipinski definition) is 1. The minimum atomic E-state index is -0.602. The maximum Gasteiger partial charge on any atom is 0.330 e. The van der Waals surface area contributed by atoms with Gasteiger partial charge in [-0.25, -0.2) is 4.79 Å². The number of rotatable bonds is 2. The summed E-state index contributed by atoms with van der Waals surface area (Å²) in [5, 5.41) is 0. The van der Waals surface area contributed by atoms with Crippen molar-refractivity contribution in [1.82, 2.24) is 9.13 Å². The maximum absolute atomic E-state index is 12.4. The summed E-state index contributed by atoms with van der Waals surface area (Å²) in [6.07, 6.45) is 1.27. The smallest absolute Gasteiger partial charge is 0.330 e. The fourth-order valence-electron chi connectivity index (χ4n) is 2.05. The number of aryl methyl sites for hydroxylation is 2. The van der Waals surface area contributed by atoms with Crippen molar-refractivity contribution >= 4 is 11.5 Å². The van der Waals surface area contributed by atoms with Crippen LogP contribution in [0.4, 0.5) is 5.69 Å². The normalized spacial score (nSPS) is 10.6. The van der Waals surface area contributed by atoms with Gasteiger partial charge in [0.05, 0.1) is 0 Å². The van der Waals surface area contributed by atoms with E-state index in [9.17, 15) is 14.4 Å². The van der Waals surface area contributed by atoms with Crippen LogP contribution >= 0.6 is 0 Å². The summed E-state index contributed by atoms with van der Waals surface area (Å²) in [6.45, 7) is 1.75. The molecule has 2 N–H and O–H groups in total. The second-order valence-corrected chi connectivity index (χ2v) is 4.70. The van der Waals surface area contributed by atoms with E-state index < -0.39 is 17.0 Å². The van der Waals surface area contributed by atoms with Crippen LogP contribution in [0.1, 0.15) is 21.5 Å². The molecule has 0 saturated heterocycles. The number of nitrogens with zero attached hydrogens (tertiary/aromatic N) is 2. The predicted molar refractivity (Wildman–Crippen MR) is 75.9 cm³/mol. The molecule has 0 aliphatic carbocycles. The molecule has 20 heavy (non-hydrogen) atoms. The molecule has 0 unspecified atom stereocenters. The number of ketones is 1. The van der Waals surface area contributed by atoms with Crippen LogP contribution in [0, 0.1) is 6.92 Å². The van der Waals surface area contributed by atoms with Gasteiger partial charge >= 0.3 is 5.69 Å². The van der Waals surface area contributed by atoms with Gasteiger partial charge in [-0.05, 0) is 30.7 Å². The molecule has 1 aromatic heterocycles. The number of hydrogen-bond acceptors (Lipinski definition) is 4. The molecule has 0 radical (unpaired) electrons. The van der Waals surface area contributed by atoms with Crippen molar-refractivity contribution < 1.29 is 4.79 Å². The summed E-state index contributed by atoms with van der Waals surface area (Å²) in [7, 11) is 2.84. The van der Waals surface area contributed by atoms with E-state index in [1.807, 2.05) is 0 Å². The minimum Gasteiger partial charge on any atom is -0.399 e. The molecule has 0 amide bonds. The Hall–Kier alpha value is -2.63. The summed E-state index contributed by atoms with van der Waals surface area (Å²) in [5.41, 5.74) is 6.16. The summed E-state index contributed by atoms with van der Waals surface area (Å²) in [6, 6.07) is 4.85. The second kappa shape index (κ2) is 4.80. The van der Waals surface area contributed by atoms with E-state index in [-0.39, 0.29) is 5.56 Å². The number of nitrogens with two attached hydrogens (primary N) is 1. The molecular weight excluding hydrogens is 258 g/mol. The first-order chi connectivity index (χ1) is 9.32. The highest BCUT2D eigenvalue weighted by atomic mass is 16.2. The van der Waals surface area contributed by atoms with E-state index in [2.05, 4.69) is 0 Å². The van der Waals surface area contributed by atoms with Gasteiger partial charge < -0.3 is 10.3 Å². The van der Waals surface area contributed by atoms with Crippen molar-refractivity contribution in [2.75, 3.05) is 5.73 Å². The lowest BCUT2D eigenvalue weighted by molar-refractivity contribution is 0.103. The zero-order valence-electron chi connectivity index (χ0n) is 11.5. The van der Waals surface area contributed by atoms with Crippen LogP contribution in [0.2, 0.25) is 0 Å². The van der Waals surface area contributed by atoms with Gasteiger partial charge in [-0.1, -0.05) is 0 Å². The van der Waals surface area contributed by atoms with Crippen molar-refractivity contribution in [3.8, 4) is 0 Å². The molecule has 104 valence electrons. The van der Waals surface area contributed by atoms with Gasteiger partial charge in [-0.2, -0.15) is 0 Å². The Balaban J connectivity index is 2.66. The van der Waals surface area contributed by atoms with Gasteiger partial charge in [-0.3, -0.25) is 14.2 Å². The van der Waals surface area contributed by atoms with Gasteiger partial charge in [-0.15, -0.1) is 0 Å². The Kier molecular flexibility index (Phi) is 3.31. The molecule has 0 aliphatic rings. The molecule has 0 saturated carbocycles. The number of nitrogen functional groups attached to an aromatic ring is 1. The van der Waals surface area contributed by atoms with Gasteiger partial charge in [0, 0.05) is 31.5 Å². The van der Waals surface area contributed by atoms with Gasteiger partial charge in [0.15, 0.2) is 5.78 Å². The van der Waals surface area contributed by atoms with Gasteiger partial charge in [0.2, 0.25) is 0 Å². The number of carbonyl (C=O) groups is 1. The van der Waals surface area contributed by atoms with Crippen LogP contribution in [0.5, 0.6) is 0 Å². The lowest BCUT2D eigenvalue weighted by Gasteiger charge is -2.08. The first-order valence-corrected chi connectivity index (χ1v) is 6.00. The van der Waals surface area contributed by atoms with E-state index in [0.717, 1.165) is 4.57 Å². The van der Waals surface area contributed by atoms with Crippen LogP contribution in [-0.2, 0) is 14.1 Å². The van der Waals surface area contributed by atoms with Crippen molar-refractivity contribution in [1.29, 1.82) is 0 Å². The standard InChI is InChI=1S/C14H15N3O3/c1-8-6-9(15)4-5-10(8)12(18)11-7-16(2)14(20)17(3)13(11)19/h4-7H,15H2,1-3H3. The molecular formula is C14H15N3O3. The van der Waals surface area contributed by atoms with Crippen LogP contribution in [-0.4, -0.2) is 14.9 Å². The molecule has 0 aliphatic heterocycles. The van der Waals surface area contributed by atoms with Crippen molar-refractivity contribution in [3.05, 3.63) is 61.9 Å². The Labute approximate surface area is 115 Å². The van der Waals surface area contributed by atoms with Crippen LogP contribution in [0.15, 0.2) is 34.0 Å². The number of carbonyl (C=O) groups excluding carboxylic acids is 1. The molecule has 0 spiro atoms. The quantitative estimate of drug-likeness (QED) is 0.625. The molecule has 1 aromatic carbocycles. The average Bonchev–Trinajstić information content (AvgIpc) is 2.40. The van der Waals surface area contributed by atoms with Crippen LogP contribution in [0.3, 0.4) is 0 Å². The molecule has 0 fully saturated rings. The maximum atomic E-state index is 12.4. The molecule has 0 atom stereocenters. The number of aromatic nitrogens is 2. The topological polar surface area (TPSA) is 87.1 Å². The molecule has 6 nitrogen and oxygen atoms in total. The summed E-state index contributed by atoms with van der Waals surface area (Å²) >= 11 is 0. The highest BCUT2D eigenvalue weighted by Crippen LogP contribution is 2.15. The minimum absolute atomic E-state index is 0.0394. The lowest BCUT2D eigenvalue weighted by Crippen LogP contribution is -2.39. The third-order valence-corrected chi connectivity index (χ3v) is 3.19. The molecule has 0 bridgehead atoms. The Morgan fingerprint density at radius 2 is 1.80 bits per heavy atom. The zero-order valence-corrected chi connectivity index (χ0v) is 11.5. The van der Waals surface area contributed by atoms with E-state index in [1.54, 1.807) is 25.1 Å². The molecule has 1 heterocycles.